The molecule has 158 valence electrons. The van der Waals surface area contributed by atoms with E-state index >= 15 is 0 Å². The van der Waals surface area contributed by atoms with Gasteiger partial charge in [0.15, 0.2) is 16.6 Å². The van der Waals surface area contributed by atoms with E-state index in [1.54, 1.807) is 13.0 Å². The number of hydrogen-bond acceptors (Lipinski definition) is 4. The predicted molar refractivity (Wildman–Crippen MR) is 114 cm³/mol. The zero-order chi connectivity index (χ0) is 21.8. The first-order valence-corrected chi connectivity index (χ1v) is 9.48. The third kappa shape index (κ3) is 4.85. The molecule has 0 spiro atoms. The lowest BCUT2D eigenvalue weighted by Crippen LogP contribution is -2.45. The van der Waals surface area contributed by atoms with Crippen molar-refractivity contribution >= 4 is 28.9 Å². The van der Waals surface area contributed by atoms with E-state index in [2.05, 4.69) is 20.7 Å². The molecule has 0 unspecified atom stereocenters. The Hall–Kier alpha value is -3.20. The van der Waals surface area contributed by atoms with Gasteiger partial charge in [0.25, 0.3) is 5.91 Å². The maximum absolute atomic E-state index is 13.1. The van der Waals surface area contributed by atoms with Gasteiger partial charge in [-0.2, -0.15) is 8.78 Å². The summed E-state index contributed by atoms with van der Waals surface area (Å²) in [6, 6.07) is 11.3. The molecule has 0 bridgehead atoms. The van der Waals surface area contributed by atoms with Crippen molar-refractivity contribution in [3.8, 4) is 11.5 Å². The van der Waals surface area contributed by atoms with Gasteiger partial charge < -0.3 is 25.4 Å². The smallest absolute Gasteiger partial charge is 0.387 e. The molecule has 2 aromatic carbocycles. The van der Waals surface area contributed by atoms with Gasteiger partial charge >= 0.3 is 6.61 Å². The van der Waals surface area contributed by atoms with Crippen LogP contribution in [0.3, 0.4) is 0 Å². The summed E-state index contributed by atoms with van der Waals surface area (Å²) < 4.78 is 34.9. The zero-order valence-electron chi connectivity index (χ0n) is 16.6. The van der Waals surface area contributed by atoms with Crippen LogP contribution in [0.5, 0.6) is 11.5 Å². The summed E-state index contributed by atoms with van der Waals surface area (Å²) in [5, 5.41) is 9.23. The number of benzene rings is 2. The highest BCUT2D eigenvalue weighted by atomic mass is 32.1. The van der Waals surface area contributed by atoms with Crippen LogP contribution in [0.25, 0.3) is 0 Å². The van der Waals surface area contributed by atoms with E-state index in [4.69, 9.17) is 17.0 Å². The largest absolute Gasteiger partial charge is 0.493 e. The molecule has 1 atom stereocenters. The maximum atomic E-state index is 13.1. The van der Waals surface area contributed by atoms with Crippen LogP contribution in [0.4, 0.5) is 14.5 Å². The first-order valence-electron chi connectivity index (χ1n) is 9.07. The van der Waals surface area contributed by atoms with Crippen LogP contribution in [0.1, 0.15) is 24.1 Å². The fourth-order valence-corrected chi connectivity index (χ4v) is 3.41. The van der Waals surface area contributed by atoms with E-state index in [-0.39, 0.29) is 17.4 Å². The quantitative estimate of drug-likeness (QED) is 0.598. The van der Waals surface area contributed by atoms with Crippen molar-refractivity contribution in [3.05, 3.63) is 64.9 Å². The van der Waals surface area contributed by atoms with Gasteiger partial charge in [-0.15, -0.1) is 0 Å². The summed E-state index contributed by atoms with van der Waals surface area (Å²) in [5.41, 5.74) is 3.32. The number of anilines is 1. The molecule has 0 aromatic heterocycles. The molecular weight excluding hydrogens is 412 g/mol. The van der Waals surface area contributed by atoms with Gasteiger partial charge in [-0.05, 0) is 55.9 Å². The SMILES string of the molecule is COc1cc([C@H]2NC(=S)NC(C)=C2C(=O)Nc2ccc(C)cc2)ccc1OC(F)F. The van der Waals surface area contributed by atoms with Crippen LogP contribution >= 0.6 is 12.2 Å². The molecular formula is C21H21F2N3O3S. The Morgan fingerprint density at radius 3 is 2.47 bits per heavy atom. The summed E-state index contributed by atoms with van der Waals surface area (Å²) in [7, 11) is 1.35. The average molecular weight is 433 g/mol. The van der Waals surface area contributed by atoms with Gasteiger partial charge in [0.2, 0.25) is 0 Å². The van der Waals surface area contributed by atoms with Crippen molar-refractivity contribution in [2.75, 3.05) is 12.4 Å². The number of thiocarbonyl (C=S) groups is 1. The number of amides is 1. The lowest BCUT2D eigenvalue weighted by molar-refractivity contribution is -0.113. The van der Waals surface area contributed by atoms with E-state index < -0.39 is 12.7 Å². The minimum absolute atomic E-state index is 0.0980. The van der Waals surface area contributed by atoms with Gasteiger partial charge in [0.05, 0.1) is 18.7 Å². The third-order valence-electron chi connectivity index (χ3n) is 4.56. The molecule has 1 aliphatic rings. The number of carbonyl (C=O) groups excluding carboxylic acids is 1. The third-order valence-corrected chi connectivity index (χ3v) is 4.78. The average Bonchev–Trinajstić information content (AvgIpc) is 2.69. The summed E-state index contributed by atoms with van der Waals surface area (Å²) in [6.45, 7) is 0.724. The van der Waals surface area contributed by atoms with Crippen LogP contribution in [-0.4, -0.2) is 24.7 Å². The molecule has 0 saturated heterocycles. The van der Waals surface area contributed by atoms with Crippen molar-refractivity contribution in [1.82, 2.24) is 10.6 Å². The monoisotopic (exact) mass is 433 g/mol. The minimum Gasteiger partial charge on any atom is -0.493 e. The van der Waals surface area contributed by atoms with Gasteiger partial charge in [0, 0.05) is 11.4 Å². The normalized spacial score (nSPS) is 16.1. The maximum Gasteiger partial charge on any atom is 0.387 e. The Labute approximate surface area is 178 Å². The molecule has 0 aliphatic carbocycles. The molecule has 0 radical (unpaired) electrons. The standard InChI is InChI=1S/C21H21F2N3O3S/c1-11-4-7-14(8-5-11)25-19(27)17-12(2)24-21(30)26-18(17)13-6-9-15(29-20(22)23)16(10-13)28-3/h4-10,18,20H,1-3H3,(H,25,27)(H2,24,26,30)/t18-/m1/s1. The van der Waals surface area contributed by atoms with Gasteiger partial charge in [-0.25, -0.2) is 0 Å². The van der Waals surface area contributed by atoms with Crippen molar-refractivity contribution in [3.63, 3.8) is 0 Å². The lowest BCUT2D eigenvalue weighted by Gasteiger charge is -2.30. The van der Waals surface area contributed by atoms with Crippen LogP contribution in [0.2, 0.25) is 0 Å². The molecule has 0 saturated carbocycles. The number of methoxy groups -OCH3 is 1. The summed E-state index contributed by atoms with van der Waals surface area (Å²) in [4.78, 5) is 13.1. The number of alkyl halides is 2. The Balaban J connectivity index is 1.95. The molecule has 1 heterocycles. The predicted octanol–water partition coefficient (Wildman–Crippen LogP) is 4.04. The molecule has 1 aliphatic heterocycles. The molecule has 2 aromatic rings. The second kappa shape index (κ2) is 9.08. The number of hydrogen-bond donors (Lipinski definition) is 3. The highest BCUT2D eigenvalue weighted by Crippen LogP contribution is 2.35. The molecule has 1 amide bonds. The van der Waals surface area contributed by atoms with Crippen molar-refractivity contribution in [1.29, 1.82) is 0 Å². The van der Waals surface area contributed by atoms with Crippen molar-refractivity contribution in [2.45, 2.75) is 26.5 Å². The fourth-order valence-electron chi connectivity index (χ4n) is 3.14. The van der Waals surface area contributed by atoms with Crippen LogP contribution in [-0.2, 0) is 4.79 Å². The van der Waals surface area contributed by atoms with E-state index in [1.165, 1.54) is 19.2 Å². The van der Waals surface area contributed by atoms with Gasteiger partial charge in [-0.3, -0.25) is 4.79 Å². The Bertz CT molecular complexity index is 993. The Morgan fingerprint density at radius 1 is 1.13 bits per heavy atom. The first kappa shape index (κ1) is 21.5. The second-order valence-electron chi connectivity index (χ2n) is 6.68. The van der Waals surface area contributed by atoms with Gasteiger partial charge in [-0.1, -0.05) is 23.8 Å². The van der Waals surface area contributed by atoms with Crippen LogP contribution in [0, 0.1) is 6.92 Å². The van der Waals surface area contributed by atoms with Crippen molar-refractivity contribution < 1.29 is 23.0 Å². The highest BCUT2D eigenvalue weighted by Gasteiger charge is 2.30. The number of aryl methyl sites for hydroxylation is 1. The molecule has 3 N–H and O–H groups in total. The highest BCUT2D eigenvalue weighted by molar-refractivity contribution is 7.80. The summed E-state index contributed by atoms with van der Waals surface area (Å²) >= 11 is 5.24. The van der Waals surface area contributed by atoms with Crippen LogP contribution in [0.15, 0.2) is 53.7 Å². The molecule has 9 heteroatoms. The van der Waals surface area contributed by atoms with E-state index in [1.807, 2.05) is 31.2 Å². The number of nitrogens with one attached hydrogen (secondary N) is 3. The minimum atomic E-state index is -2.98. The fraction of sp³-hybridized carbons (Fsp3) is 0.238. The molecule has 30 heavy (non-hydrogen) atoms. The number of allylic oxidation sites excluding steroid dienone is 1. The first-order chi connectivity index (χ1) is 14.3. The molecule has 6 nitrogen and oxygen atoms in total. The van der Waals surface area contributed by atoms with E-state index in [0.29, 0.717) is 27.6 Å². The van der Waals surface area contributed by atoms with Crippen LogP contribution < -0.4 is 25.4 Å². The lowest BCUT2D eigenvalue weighted by atomic mass is 9.94. The summed E-state index contributed by atoms with van der Waals surface area (Å²) in [5.74, 6) is -0.301. The number of carbonyl (C=O) groups is 1. The Morgan fingerprint density at radius 2 is 1.83 bits per heavy atom. The topological polar surface area (TPSA) is 71.6 Å². The molecule has 0 fully saturated rings. The zero-order valence-corrected chi connectivity index (χ0v) is 17.4. The number of halogens is 2. The second-order valence-corrected chi connectivity index (χ2v) is 7.09. The van der Waals surface area contributed by atoms with Crippen molar-refractivity contribution in [2.24, 2.45) is 0 Å². The number of ether oxygens (including phenoxy) is 2. The van der Waals surface area contributed by atoms with E-state index in [9.17, 15) is 13.6 Å². The molecule has 3 rings (SSSR count). The van der Waals surface area contributed by atoms with E-state index in [0.717, 1.165) is 5.56 Å². The Kier molecular flexibility index (Phi) is 6.51. The summed E-state index contributed by atoms with van der Waals surface area (Å²) in [6.07, 6.45) is 0. The van der Waals surface area contributed by atoms with Gasteiger partial charge in [0.1, 0.15) is 0 Å². The number of rotatable bonds is 6.